The fourth-order valence-electron chi connectivity index (χ4n) is 3.09. The second-order valence-corrected chi connectivity index (χ2v) is 6.80. The molecule has 0 aliphatic carbocycles. The number of nitrogen functional groups attached to an aromatic ring is 1. The minimum Gasteiger partial charge on any atom is -0.465 e. The molecule has 3 rings (SSSR count). The van der Waals surface area contributed by atoms with Gasteiger partial charge >= 0.3 is 5.97 Å². The number of carbonyl (C=O) groups excluding carboxylic acids is 1. The lowest BCUT2D eigenvalue weighted by atomic mass is 10.1. The van der Waals surface area contributed by atoms with Crippen LogP contribution >= 0.6 is 0 Å². The van der Waals surface area contributed by atoms with E-state index in [4.69, 9.17) is 10.5 Å². The second-order valence-electron chi connectivity index (χ2n) is 6.80. The Morgan fingerprint density at radius 1 is 1.07 bits per heavy atom. The summed E-state index contributed by atoms with van der Waals surface area (Å²) in [5.74, 6) is -0.259. The Hall–Kier alpha value is -3.54. The first-order valence-electron chi connectivity index (χ1n) is 9.49. The summed E-state index contributed by atoms with van der Waals surface area (Å²) in [5, 5.41) is 0. The van der Waals surface area contributed by atoms with Crippen LogP contribution in [0.2, 0.25) is 0 Å². The molecule has 0 spiro atoms. The van der Waals surface area contributed by atoms with Crippen LogP contribution < -0.4 is 16.2 Å². The molecule has 0 aliphatic heterocycles. The van der Waals surface area contributed by atoms with Gasteiger partial charge in [-0.2, -0.15) is 0 Å². The van der Waals surface area contributed by atoms with Crippen molar-refractivity contribution in [3.63, 3.8) is 0 Å². The molecule has 0 saturated heterocycles. The number of pyridine rings is 1. The molecule has 6 heteroatoms. The lowest BCUT2D eigenvalue weighted by Gasteiger charge is -2.18. The summed E-state index contributed by atoms with van der Waals surface area (Å²) >= 11 is 0. The van der Waals surface area contributed by atoms with Gasteiger partial charge in [-0.1, -0.05) is 24.3 Å². The fraction of sp³-hybridized carbons (Fsp3) is 0.217. The van der Waals surface area contributed by atoms with Gasteiger partial charge in [-0.25, -0.2) is 0 Å². The smallest absolute Gasteiger partial charge is 0.325 e. The van der Waals surface area contributed by atoms with E-state index in [9.17, 15) is 9.59 Å². The van der Waals surface area contributed by atoms with E-state index < -0.39 is 0 Å². The van der Waals surface area contributed by atoms with Crippen LogP contribution in [0.4, 0.5) is 11.4 Å². The number of esters is 1. The highest BCUT2D eigenvalue weighted by Crippen LogP contribution is 2.18. The molecule has 6 nitrogen and oxygen atoms in total. The first kappa shape index (κ1) is 20.2. The number of nitrogens with zero attached hydrogens (tertiary/aromatic N) is 2. The number of carbonyl (C=O) groups is 1. The third kappa shape index (κ3) is 5.04. The molecular formula is C23H25N3O3. The SMILES string of the molecule is CCOC(=O)CN(C)c1ccc(Cn2cccc(-c3ccc(N)cc3)c2=O)cc1. The van der Waals surface area contributed by atoms with Crippen molar-refractivity contribution in [3.8, 4) is 11.1 Å². The van der Waals surface area contributed by atoms with Crippen LogP contribution in [0.3, 0.4) is 0 Å². The zero-order chi connectivity index (χ0) is 20.8. The highest BCUT2D eigenvalue weighted by Gasteiger charge is 2.09. The Morgan fingerprint density at radius 2 is 1.76 bits per heavy atom. The van der Waals surface area contributed by atoms with Crippen LogP contribution in [0.1, 0.15) is 12.5 Å². The quantitative estimate of drug-likeness (QED) is 0.495. The van der Waals surface area contributed by atoms with E-state index >= 15 is 0 Å². The van der Waals surface area contributed by atoms with Crippen molar-refractivity contribution < 1.29 is 9.53 Å². The highest BCUT2D eigenvalue weighted by molar-refractivity contribution is 5.75. The third-order valence-electron chi connectivity index (χ3n) is 4.64. The minimum absolute atomic E-state index is 0.0548. The summed E-state index contributed by atoms with van der Waals surface area (Å²) in [6.45, 7) is 2.81. The number of benzene rings is 2. The average molecular weight is 391 g/mol. The number of hydrogen-bond donors (Lipinski definition) is 1. The van der Waals surface area contributed by atoms with Gasteiger partial charge in [0, 0.05) is 30.2 Å². The molecule has 0 bridgehead atoms. The monoisotopic (exact) mass is 391 g/mol. The summed E-state index contributed by atoms with van der Waals surface area (Å²) in [6, 6.07) is 18.8. The molecule has 0 radical (unpaired) electrons. The number of ether oxygens (including phenoxy) is 1. The molecule has 2 N–H and O–H groups in total. The Kier molecular flexibility index (Phi) is 6.34. The van der Waals surface area contributed by atoms with Crippen LogP contribution in [-0.2, 0) is 16.1 Å². The lowest BCUT2D eigenvalue weighted by molar-refractivity contribution is -0.141. The molecule has 29 heavy (non-hydrogen) atoms. The molecule has 0 fully saturated rings. The van der Waals surface area contributed by atoms with Crippen molar-refractivity contribution in [1.82, 2.24) is 4.57 Å². The van der Waals surface area contributed by atoms with Crippen LogP contribution in [-0.4, -0.2) is 30.7 Å². The second kappa shape index (κ2) is 9.10. The van der Waals surface area contributed by atoms with Gasteiger partial charge in [0.15, 0.2) is 0 Å². The topological polar surface area (TPSA) is 77.6 Å². The number of likely N-dealkylation sites (N-methyl/N-ethyl adjacent to an activating group) is 1. The molecule has 0 unspecified atom stereocenters. The molecule has 150 valence electrons. The Labute approximate surface area is 170 Å². The number of nitrogens with two attached hydrogens (primary N) is 1. The molecule has 0 aliphatic rings. The Bertz CT molecular complexity index is 1020. The maximum Gasteiger partial charge on any atom is 0.325 e. The summed E-state index contributed by atoms with van der Waals surface area (Å²) < 4.78 is 6.66. The molecule has 2 aromatic carbocycles. The lowest BCUT2D eigenvalue weighted by Crippen LogP contribution is -2.27. The van der Waals surface area contributed by atoms with Crippen LogP contribution in [0.5, 0.6) is 0 Å². The normalized spacial score (nSPS) is 10.6. The molecular weight excluding hydrogens is 366 g/mol. The van der Waals surface area contributed by atoms with E-state index in [1.54, 1.807) is 29.8 Å². The summed E-state index contributed by atoms with van der Waals surface area (Å²) in [6.07, 6.45) is 1.78. The van der Waals surface area contributed by atoms with Gasteiger partial charge in [0.05, 0.1) is 13.2 Å². The van der Waals surface area contributed by atoms with Crippen LogP contribution in [0.15, 0.2) is 71.7 Å². The van der Waals surface area contributed by atoms with Gasteiger partial charge in [-0.15, -0.1) is 0 Å². The number of aromatic nitrogens is 1. The van der Waals surface area contributed by atoms with Crippen molar-refractivity contribution >= 4 is 17.3 Å². The zero-order valence-electron chi connectivity index (χ0n) is 16.7. The van der Waals surface area contributed by atoms with Crippen LogP contribution in [0, 0.1) is 0 Å². The summed E-state index contributed by atoms with van der Waals surface area (Å²) in [5.41, 5.74) is 9.73. The summed E-state index contributed by atoms with van der Waals surface area (Å²) in [4.78, 5) is 26.3. The van der Waals surface area contributed by atoms with Crippen LogP contribution in [0.25, 0.3) is 11.1 Å². The van der Waals surface area contributed by atoms with Gasteiger partial charge in [0.25, 0.3) is 5.56 Å². The van der Waals surface area contributed by atoms with E-state index in [1.807, 2.05) is 60.5 Å². The minimum atomic E-state index is -0.259. The largest absolute Gasteiger partial charge is 0.465 e. The fourth-order valence-corrected chi connectivity index (χ4v) is 3.09. The molecule has 1 heterocycles. The maximum absolute atomic E-state index is 12.9. The van der Waals surface area contributed by atoms with Crippen molar-refractivity contribution in [2.75, 3.05) is 30.8 Å². The predicted octanol–water partition coefficient (Wildman–Crippen LogP) is 3.15. The number of rotatable bonds is 7. The van der Waals surface area contributed by atoms with Crippen molar-refractivity contribution in [2.24, 2.45) is 0 Å². The highest BCUT2D eigenvalue weighted by atomic mass is 16.5. The van der Waals surface area contributed by atoms with E-state index in [0.29, 0.717) is 24.4 Å². The Balaban J connectivity index is 1.75. The molecule has 0 amide bonds. The molecule has 0 atom stereocenters. The van der Waals surface area contributed by atoms with E-state index in [2.05, 4.69) is 0 Å². The number of hydrogen-bond acceptors (Lipinski definition) is 5. The average Bonchev–Trinajstić information content (AvgIpc) is 2.71. The van der Waals surface area contributed by atoms with Gasteiger partial charge in [0.1, 0.15) is 6.54 Å². The number of anilines is 2. The van der Waals surface area contributed by atoms with Gasteiger partial charge < -0.3 is 19.9 Å². The first-order chi connectivity index (χ1) is 14.0. The van der Waals surface area contributed by atoms with Gasteiger partial charge in [-0.3, -0.25) is 9.59 Å². The standard InChI is InChI=1S/C23H25N3O3/c1-3-29-22(27)16-25(2)20-12-6-17(7-13-20)15-26-14-4-5-21(23(26)28)18-8-10-19(24)11-9-18/h4-14H,3,15-16,24H2,1-2H3. The zero-order valence-corrected chi connectivity index (χ0v) is 16.7. The summed E-state index contributed by atoms with van der Waals surface area (Å²) in [7, 11) is 1.84. The van der Waals surface area contributed by atoms with Gasteiger partial charge in [0.2, 0.25) is 0 Å². The first-order valence-corrected chi connectivity index (χ1v) is 9.49. The molecule has 0 saturated carbocycles. The maximum atomic E-state index is 12.9. The van der Waals surface area contributed by atoms with Crippen molar-refractivity contribution in [1.29, 1.82) is 0 Å². The Morgan fingerprint density at radius 3 is 2.41 bits per heavy atom. The van der Waals surface area contributed by atoms with Crippen molar-refractivity contribution in [2.45, 2.75) is 13.5 Å². The van der Waals surface area contributed by atoms with E-state index in [1.165, 1.54) is 0 Å². The van der Waals surface area contributed by atoms with Gasteiger partial charge in [-0.05, 0) is 54.4 Å². The predicted molar refractivity (Wildman–Crippen MR) is 116 cm³/mol. The third-order valence-corrected chi connectivity index (χ3v) is 4.64. The van der Waals surface area contributed by atoms with E-state index in [-0.39, 0.29) is 18.1 Å². The molecule has 3 aromatic rings. The molecule has 1 aromatic heterocycles. The van der Waals surface area contributed by atoms with Crippen molar-refractivity contribution in [3.05, 3.63) is 82.8 Å². The van der Waals surface area contributed by atoms with E-state index in [0.717, 1.165) is 16.8 Å².